The third-order valence-corrected chi connectivity index (χ3v) is 5.47. The van der Waals surface area contributed by atoms with E-state index in [2.05, 4.69) is 10.6 Å². The number of nitrogens with two attached hydrogens (primary N) is 1. The topological polar surface area (TPSA) is 76.4 Å². The number of carbonyl (C=O) groups excluding carboxylic acids is 1. The van der Waals surface area contributed by atoms with Crippen molar-refractivity contribution in [3.05, 3.63) is 120 Å². The first kappa shape index (κ1) is 20.4. The van der Waals surface area contributed by atoms with Crippen LogP contribution in [0.15, 0.2) is 103 Å². The van der Waals surface area contributed by atoms with Gasteiger partial charge in [0.25, 0.3) is 5.91 Å². The number of hydrogen-bond donors (Lipinski definition) is 3. The van der Waals surface area contributed by atoms with Gasteiger partial charge >= 0.3 is 0 Å². The predicted octanol–water partition coefficient (Wildman–Crippen LogP) is 5.78. The highest BCUT2D eigenvalue weighted by Gasteiger charge is 2.28. The van der Waals surface area contributed by atoms with Crippen LogP contribution in [-0.4, -0.2) is 5.91 Å². The second-order valence-electron chi connectivity index (χ2n) is 7.80. The monoisotopic (exact) mass is 433 g/mol. The molecule has 5 nitrogen and oxygen atoms in total. The second kappa shape index (κ2) is 8.93. The van der Waals surface area contributed by atoms with Gasteiger partial charge in [0.1, 0.15) is 12.4 Å². The molecule has 1 aliphatic heterocycles. The molecule has 5 rings (SSSR count). The summed E-state index contributed by atoms with van der Waals surface area (Å²) in [6.07, 6.45) is 0. The molecule has 33 heavy (non-hydrogen) atoms. The molecule has 4 aromatic carbocycles. The molecule has 4 aromatic rings. The minimum atomic E-state index is -0.162. The molecule has 0 radical (unpaired) electrons. The Labute approximate surface area is 192 Å². The maximum Gasteiger partial charge on any atom is 0.258 e. The average Bonchev–Trinajstić information content (AvgIpc) is 3.18. The van der Waals surface area contributed by atoms with Crippen molar-refractivity contribution in [3.63, 3.8) is 0 Å². The summed E-state index contributed by atoms with van der Waals surface area (Å²) in [5.74, 6) is 0.611. The second-order valence-corrected chi connectivity index (χ2v) is 7.80. The van der Waals surface area contributed by atoms with Gasteiger partial charge in [0.15, 0.2) is 0 Å². The van der Waals surface area contributed by atoms with Crippen LogP contribution in [0, 0.1) is 0 Å². The molecule has 0 bridgehead atoms. The van der Waals surface area contributed by atoms with Crippen molar-refractivity contribution >= 4 is 34.2 Å². The molecule has 0 aliphatic carbocycles. The van der Waals surface area contributed by atoms with Gasteiger partial charge in [-0.05, 0) is 53.6 Å². The number of rotatable bonds is 6. The van der Waals surface area contributed by atoms with Crippen molar-refractivity contribution in [2.24, 2.45) is 0 Å². The highest BCUT2D eigenvalue weighted by atomic mass is 16.5. The zero-order valence-electron chi connectivity index (χ0n) is 17.9. The van der Waals surface area contributed by atoms with Crippen LogP contribution in [0.1, 0.15) is 16.7 Å². The SMILES string of the molecule is Nc1ccc2c(c1)/C(=C(/Nc1ccc(OCc3ccccc3)cc1)c1ccccc1)C(=O)N2. The minimum Gasteiger partial charge on any atom is -0.489 e. The number of nitrogen functional groups attached to an aromatic ring is 1. The zero-order valence-corrected chi connectivity index (χ0v) is 17.9. The Bertz CT molecular complexity index is 1310. The third-order valence-electron chi connectivity index (χ3n) is 5.47. The molecule has 162 valence electrons. The summed E-state index contributed by atoms with van der Waals surface area (Å²) in [6.45, 7) is 0.505. The van der Waals surface area contributed by atoms with E-state index in [1.807, 2.05) is 97.1 Å². The number of nitrogens with one attached hydrogen (secondary N) is 2. The van der Waals surface area contributed by atoms with Crippen LogP contribution in [0.5, 0.6) is 5.75 Å². The van der Waals surface area contributed by atoms with Crippen molar-refractivity contribution < 1.29 is 9.53 Å². The summed E-state index contributed by atoms with van der Waals surface area (Å²) in [6, 6.07) is 33.0. The standard InChI is InChI=1S/C28H23N3O2/c29-21-11-16-25-24(17-21)26(28(32)31-25)27(20-9-5-2-6-10-20)30-22-12-14-23(15-13-22)33-18-19-7-3-1-4-8-19/h1-17,30H,18,29H2,(H,31,32)/b27-26-. The summed E-state index contributed by atoms with van der Waals surface area (Å²) in [7, 11) is 0. The van der Waals surface area contributed by atoms with Crippen molar-refractivity contribution in [1.29, 1.82) is 0 Å². The highest BCUT2D eigenvalue weighted by Crippen LogP contribution is 2.38. The van der Waals surface area contributed by atoms with Crippen LogP contribution in [0.3, 0.4) is 0 Å². The molecule has 0 saturated heterocycles. The van der Waals surface area contributed by atoms with Gasteiger partial charge in [-0.1, -0.05) is 60.7 Å². The zero-order chi connectivity index (χ0) is 22.6. The molecule has 4 N–H and O–H groups in total. The smallest absolute Gasteiger partial charge is 0.258 e. The van der Waals surface area contributed by atoms with Crippen LogP contribution in [0.25, 0.3) is 11.3 Å². The van der Waals surface area contributed by atoms with Crippen LogP contribution < -0.4 is 21.1 Å². The third kappa shape index (κ3) is 4.43. The molecule has 1 amide bonds. The van der Waals surface area contributed by atoms with Crippen molar-refractivity contribution in [3.8, 4) is 5.75 Å². The summed E-state index contributed by atoms with van der Waals surface area (Å²) in [4.78, 5) is 13.0. The molecule has 0 aromatic heterocycles. The highest BCUT2D eigenvalue weighted by molar-refractivity contribution is 6.37. The molecule has 0 atom stereocenters. The molecule has 0 fully saturated rings. The normalized spacial score (nSPS) is 13.8. The summed E-state index contributed by atoms with van der Waals surface area (Å²) in [5.41, 5.74) is 12.3. The van der Waals surface area contributed by atoms with Gasteiger partial charge in [-0.3, -0.25) is 4.79 Å². The Balaban J connectivity index is 1.46. The summed E-state index contributed by atoms with van der Waals surface area (Å²) < 4.78 is 5.90. The summed E-state index contributed by atoms with van der Waals surface area (Å²) in [5, 5.41) is 6.39. The van der Waals surface area contributed by atoms with Gasteiger partial charge in [0, 0.05) is 22.6 Å². The molecular formula is C28H23N3O2. The van der Waals surface area contributed by atoms with Crippen LogP contribution in [-0.2, 0) is 11.4 Å². The summed E-state index contributed by atoms with van der Waals surface area (Å²) >= 11 is 0. The van der Waals surface area contributed by atoms with Crippen LogP contribution in [0.2, 0.25) is 0 Å². The van der Waals surface area contributed by atoms with Crippen molar-refractivity contribution in [1.82, 2.24) is 0 Å². The first-order valence-corrected chi connectivity index (χ1v) is 10.7. The fourth-order valence-corrected chi connectivity index (χ4v) is 3.84. The van der Waals surface area contributed by atoms with Gasteiger partial charge < -0.3 is 21.1 Å². The van der Waals surface area contributed by atoms with E-state index in [9.17, 15) is 4.79 Å². The minimum absolute atomic E-state index is 0.162. The number of fused-ring (bicyclic) bond motifs is 1. The van der Waals surface area contributed by atoms with E-state index < -0.39 is 0 Å². The lowest BCUT2D eigenvalue weighted by atomic mass is 9.99. The van der Waals surface area contributed by atoms with Gasteiger partial charge in [0.2, 0.25) is 0 Å². The van der Waals surface area contributed by atoms with E-state index in [4.69, 9.17) is 10.5 Å². The Hall–Kier alpha value is -4.51. The van der Waals surface area contributed by atoms with Gasteiger partial charge in [0.05, 0.1) is 11.3 Å². The van der Waals surface area contributed by atoms with Crippen molar-refractivity contribution in [2.75, 3.05) is 16.4 Å². The lowest BCUT2D eigenvalue weighted by Gasteiger charge is -2.15. The Kier molecular flexibility index (Phi) is 5.52. The Morgan fingerprint density at radius 3 is 2.27 bits per heavy atom. The average molecular weight is 434 g/mol. The molecule has 0 spiro atoms. The predicted molar refractivity (Wildman–Crippen MR) is 134 cm³/mol. The van der Waals surface area contributed by atoms with Crippen LogP contribution >= 0.6 is 0 Å². The maximum absolute atomic E-state index is 13.0. The lowest BCUT2D eigenvalue weighted by molar-refractivity contribution is -0.110. The van der Waals surface area contributed by atoms with E-state index in [-0.39, 0.29) is 5.91 Å². The number of anilines is 3. The van der Waals surface area contributed by atoms with E-state index in [1.165, 1.54) is 0 Å². The Morgan fingerprint density at radius 2 is 1.55 bits per heavy atom. The molecule has 1 aliphatic rings. The maximum atomic E-state index is 13.0. The molecule has 0 unspecified atom stereocenters. The number of hydrogen-bond acceptors (Lipinski definition) is 4. The number of amides is 1. The fraction of sp³-hybridized carbons (Fsp3) is 0.0357. The van der Waals surface area contributed by atoms with E-state index in [0.717, 1.165) is 39.5 Å². The lowest BCUT2D eigenvalue weighted by Crippen LogP contribution is -2.10. The first-order chi connectivity index (χ1) is 16.2. The molecular weight excluding hydrogens is 410 g/mol. The first-order valence-electron chi connectivity index (χ1n) is 10.7. The Morgan fingerprint density at radius 1 is 0.848 bits per heavy atom. The van der Waals surface area contributed by atoms with Gasteiger partial charge in [-0.25, -0.2) is 0 Å². The molecule has 5 heteroatoms. The molecule has 1 heterocycles. The van der Waals surface area contributed by atoms with Gasteiger partial charge in [-0.2, -0.15) is 0 Å². The quantitative estimate of drug-likeness (QED) is 0.266. The number of benzene rings is 4. The van der Waals surface area contributed by atoms with E-state index in [0.29, 0.717) is 17.9 Å². The number of carbonyl (C=O) groups is 1. The van der Waals surface area contributed by atoms with Crippen LogP contribution in [0.4, 0.5) is 17.1 Å². The van der Waals surface area contributed by atoms with Gasteiger partial charge in [-0.15, -0.1) is 0 Å². The fourth-order valence-electron chi connectivity index (χ4n) is 3.84. The number of ether oxygens (including phenoxy) is 1. The van der Waals surface area contributed by atoms with E-state index >= 15 is 0 Å². The van der Waals surface area contributed by atoms with Crippen molar-refractivity contribution in [2.45, 2.75) is 6.61 Å². The van der Waals surface area contributed by atoms with E-state index in [1.54, 1.807) is 6.07 Å². The molecule has 0 saturated carbocycles. The largest absolute Gasteiger partial charge is 0.489 e.